The largest absolute Gasteiger partial charge is 0.468 e. The highest BCUT2D eigenvalue weighted by molar-refractivity contribution is 6.42. The van der Waals surface area contributed by atoms with Crippen molar-refractivity contribution in [1.82, 2.24) is 10.2 Å². The Kier molecular flexibility index (Phi) is 9.41. The molecule has 1 amide bonds. The number of amides is 1. The molecule has 1 aliphatic heterocycles. The number of carbonyl (C=O) groups is 2. The minimum Gasteiger partial charge on any atom is -0.468 e. The van der Waals surface area contributed by atoms with Crippen molar-refractivity contribution in [3.63, 3.8) is 0 Å². The van der Waals surface area contributed by atoms with Crippen LogP contribution in [0.25, 0.3) is 0 Å². The molecule has 1 fully saturated rings. The first-order valence-electron chi connectivity index (χ1n) is 10.7. The quantitative estimate of drug-likeness (QED) is 0.513. The molecular weight excluding hydrogens is 455 g/mol. The Morgan fingerprint density at radius 3 is 2.88 bits per heavy atom. The molecule has 3 rings (SSSR count). The first-order chi connectivity index (χ1) is 15.4. The van der Waals surface area contributed by atoms with Crippen molar-refractivity contribution in [2.75, 3.05) is 32.8 Å². The lowest BCUT2D eigenvalue weighted by atomic mass is 10.2. The number of aryl methyl sites for hydroxylation is 1. The van der Waals surface area contributed by atoms with Gasteiger partial charge in [0, 0.05) is 39.0 Å². The lowest BCUT2D eigenvalue weighted by Crippen LogP contribution is -2.47. The molecular formula is C23H28Cl2N2O5. The maximum absolute atomic E-state index is 12.2. The molecule has 9 heteroatoms. The summed E-state index contributed by atoms with van der Waals surface area (Å²) in [5.74, 6) is 0.0678. The van der Waals surface area contributed by atoms with E-state index in [0.717, 1.165) is 25.1 Å². The molecule has 2 aromatic rings. The number of nitrogens with one attached hydrogen (secondary N) is 1. The first kappa shape index (κ1) is 24.6. The standard InChI is InChI=1S/C23H28Cl2N2O5/c1-2-8-31-23(29)17-11-18(32-15-17)4-6-22(28)26-12-19-14-27(7-9-30-19)13-16-3-5-20(24)21(25)10-16/h3,5,10-11,15,19H,2,4,6-9,12-14H2,1H3,(H,26,28)/t19-/m0/s1. The van der Waals surface area contributed by atoms with Gasteiger partial charge in [-0.15, -0.1) is 0 Å². The average molecular weight is 483 g/mol. The predicted octanol–water partition coefficient (Wildman–Crippen LogP) is 4.10. The smallest absolute Gasteiger partial charge is 0.341 e. The maximum Gasteiger partial charge on any atom is 0.341 e. The zero-order chi connectivity index (χ0) is 22.9. The fourth-order valence-corrected chi connectivity index (χ4v) is 3.71. The number of furan rings is 1. The summed E-state index contributed by atoms with van der Waals surface area (Å²) in [5, 5.41) is 4.00. The van der Waals surface area contributed by atoms with Gasteiger partial charge in [-0.2, -0.15) is 0 Å². The Balaban J connectivity index is 1.38. The van der Waals surface area contributed by atoms with Crippen molar-refractivity contribution in [3.8, 4) is 0 Å². The Labute approximate surface area is 197 Å². The molecule has 1 saturated heterocycles. The van der Waals surface area contributed by atoms with Crippen LogP contribution in [-0.4, -0.2) is 55.7 Å². The second kappa shape index (κ2) is 12.3. The van der Waals surface area contributed by atoms with Crippen LogP contribution in [0.5, 0.6) is 0 Å². The number of rotatable bonds is 10. The van der Waals surface area contributed by atoms with Crippen molar-refractivity contribution in [3.05, 3.63) is 57.5 Å². The third-order valence-electron chi connectivity index (χ3n) is 5.07. The van der Waals surface area contributed by atoms with Crippen LogP contribution in [0.15, 0.2) is 34.9 Å². The van der Waals surface area contributed by atoms with Gasteiger partial charge in [-0.25, -0.2) is 4.79 Å². The zero-order valence-corrected chi connectivity index (χ0v) is 19.6. The summed E-state index contributed by atoms with van der Waals surface area (Å²) in [6.07, 6.45) is 2.70. The lowest BCUT2D eigenvalue weighted by molar-refractivity contribution is -0.122. The minimum atomic E-state index is -0.411. The minimum absolute atomic E-state index is 0.0842. The second-order valence-electron chi connectivity index (χ2n) is 7.72. The van der Waals surface area contributed by atoms with Crippen LogP contribution in [0.2, 0.25) is 10.0 Å². The van der Waals surface area contributed by atoms with E-state index in [2.05, 4.69) is 10.2 Å². The number of nitrogens with zero attached hydrogens (tertiary/aromatic N) is 1. The SMILES string of the molecule is CCCOC(=O)c1coc(CCC(=O)NC[C@H]2CN(Cc3ccc(Cl)c(Cl)c3)CCO2)c1. The van der Waals surface area contributed by atoms with Gasteiger partial charge in [0.2, 0.25) is 5.91 Å². The van der Waals surface area contributed by atoms with Crippen molar-refractivity contribution < 1.29 is 23.5 Å². The highest BCUT2D eigenvalue weighted by Gasteiger charge is 2.21. The normalized spacial score (nSPS) is 16.7. The monoisotopic (exact) mass is 482 g/mol. The number of carbonyl (C=O) groups excluding carboxylic acids is 2. The molecule has 1 aromatic carbocycles. The molecule has 2 heterocycles. The highest BCUT2D eigenvalue weighted by Crippen LogP contribution is 2.23. The van der Waals surface area contributed by atoms with E-state index in [0.29, 0.717) is 54.1 Å². The van der Waals surface area contributed by atoms with Crippen molar-refractivity contribution in [1.29, 1.82) is 0 Å². The summed E-state index contributed by atoms with van der Waals surface area (Å²) in [4.78, 5) is 26.3. The van der Waals surface area contributed by atoms with Crippen LogP contribution >= 0.6 is 23.2 Å². The molecule has 0 saturated carbocycles. The van der Waals surface area contributed by atoms with E-state index in [4.69, 9.17) is 37.1 Å². The summed E-state index contributed by atoms with van der Waals surface area (Å²) in [7, 11) is 0. The van der Waals surface area contributed by atoms with Crippen molar-refractivity contribution in [2.24, 2.45) is 0 Å². The lowest BCUT2D eigenvalue weighted by Gasteiger charge is -2.33. The summed E-state index contributed by atoms with van der Waals surface area (Å²) in [5.41, 5.74) is 1.45. The number of benzene rings is 1. The number of morpholine rings is 1. The summed E-state index contributed by atoms with van der Waals surface area (Å²) < 4.78 is 16.2. The molecule has 0 bridgehead atoms. The second-order valence-corrected chi connectivity index (χ2v) is 8.53. The summed E-state index contributed by atoms with van der Waals surface area (Å²) in [6.45, 7) is 5.60. The summed E-state index contributed by atoms with van der Waals surface area (Å²) in [6, 6.07) is 7.26. The molecule has 32 heavy (non-hydrogen) atoms. The molecule has 1 aromatic heterocycles. The number of esters is 1. The van der Waals surface area contributed by atoms with E-state index in [1.165, 1.54) is 6.26 Å². The number of hydrogen-bond donors (Lipinski definition) is 1. The highest BCUT2D eigenvalue weighted by atomic mass is 35.5. The fourth-order valence-electron chi connectivity index (χ4n) is 3.39. The molecule has 0 radical (unpaired) electrons. The van der Waals surface area contributed by atoms with E-state index >= 15 is 0 Å². The van der Waals surface area contributed by atoms with Gasteiger partial charge in [0.05, 0.1) is 34.9 Å². The Morgan fingerprint density at radius 2 is 2.09 bits per heavy atom. The number of ether oxygens (including phenoxy) is 2. The van der Waals surface area contributed by atoms with Gasteiger partial charge >= 0.3 is 5.97 Å². The van der Waals surface area contributed by atoms with Gasteiger partial charge in [-0.1, -0.05) is 36.2 Å². The van der Waals surface area contributed by atoms with Crippen LogP contribution in [0.1, 0.15) is 41.4 Å². The van der Waals surface area contributed by atoms with Crippen molar-refractivity contribution in [2.45, 2.75) is 38.8 Å². The Bertz CT molecular complexity index is 918. The summed E-state index contributed by atoms with van der Waals surface area (Å²) >= 11 is 12.1. The number of hydrogen-bond acceptors (Lipinski definition) is 6. The topological polar surface area (TPSA) is 81.0 Å². The van der Waals surface area contributed by atoms with Crippen LogP contribution in [0.3, 0.4) is 0 Å². The van der Waals surface area contributed by atoms with E-state index < -0.39 is 5.97 Å². The molecule has 0 aliphatic carbocycles. The van der Waals surface area contributed by atoms with Crippen LogP contribution in [-0.2, 0) is 27.2 Å². The van der Waals surface area contributed by atoms with Gasteiger partial charge in [0.1, 0.15) is 12.0 Å². The Hall–Kier alpha value is -2.06. The average Bonchev–Trinajstić information content (AvgIpc) is 3.27. The first-order valence-corrected chi connectivity index (χ1v) is 11.5. The maximum atomic E-state index is 12.2. The molecule has 174 valence electrons. The molecule has 1 N–H and O–H groups in total. The molecule has 7 nitrogen and oxygen atoms in total. The van der Waals surface area contributed by atoms with E-state index in [9.17, 15) is 9.59 Å². The van der Waals surface area contributed by atoms with Gasteiger partial charge < -0.3 is 19.2 Å². The third kappa shape index (κ3) is 7.52. The van der Waals surface area contributed by atoms with Gasteiger partial charge in [0.15, 0.2) is 0 Å². The predicted molar refractivity (Wildman–Crippen MR) is 122 cm³/mol. The van der Waals surface area contributed by atoms with E-state index in [1.807, 2.05) is 19.1 Å². The Morgan fingerprint density at radius 1 is 1.25 bits per heavy atom. The number of halogens is 2. The van der Waals surface area contributed by atoms with Crippen LogP contribution in [0, 0.1) is 0 Å². The molecule has 0 unspecified atom stereocenters. The van der Waals surface area contributed by atoms with Gasteiger partial charge in [-0.05, 0) is 30.2 Å². The van der Waals surface area contributed by atoms with E-state index in [-0.39, 0.29) is 18.4 Å². The molecule has 1 atom stereocenters. The van der Waals surface area contributed by atoms with Crippen LogP contribution < -0.4 is 5.32 Å². The molecule has 1 aliphatic rings. The fraction of sp³-hybridized carbons (Fsp3) is 0.478. The van der Waals surface area contributed by atoms with Gasteiger partial charge in [0.25, 0.3) is 0 Å². The van der Waals surface area contributed by atoms with Gasteiger partial charge in [-0.3, -0.25) is 9.69 Å². The molecule has 0 spiro atoms. The third-order valence-corrected chi connectivity index (χ3v) is 5.80. The van der Waals surface area contributed by atoms with E-state index in [1.54, 1.807) is 12.1 Å². The van der Waals surface area contributed by atoms with Crippen molar-refractivity contribution >= 4 is 35.1 Å². The zero-order valence-electron chi connectivity index (χ0n) is 18.1. The van der Waals surface area contributed by atoms with Crippen LogP contribution in [0.4, 0.5) is 0 Å².